The van der Waals surface area contributed by atoms with E-state index in [0.717, 1.165) is 53.5 Å². The lowest BCUT2D eigenvalue weighted by molar-refractivity contribution is -0.384. The van der Waals surface area contributed by atoms with Gasteiger partial charge in [0, 0.05) is 49.8 Å². The molecule has 0 saturated heterocycles. The Labute approximate surface area is 416 Å². The Hall–Kier alpha value is -6.80. The topological polar surface area (TPSA) is 162 Å². The predicted molar refractivity (Wildman–Crippen MR) is 273 cm³/mol. The SMILES string of the molecule is C=CCOC12Oc3ccc(Oc4ccc(-c5ccccc5)cc4)cc3C3C(CCCCO)C(CCCCO)C=C(C(=NOCc4ccc([N+](=O)[O-])cc4)CC1N(CCC)C(=O)Cc1cccc(OC)c1)C32. The van der Waals surface area contributed by atoms with Crippen LogP contribution in [0.3, 0.4) is 0 Å². The van der Waals surface area contributed by atoms with Gasteiger partial charge in [0.1, 0.15) is 35.6 Å². The van der Waals surface area contributed by atoms with E-state index < -0.39 is 22.7 Å². The van der Waals surface area contributed by atoms with Gasteiger partial charge in [0.15, 0.2) is 0 Å². The molecule has 71 heavy (non-hydrogen) atoms. The first-order valence-corrected chi connectivity index (χ1v) is 24.9. The Morgan fingerprint density at radius 1 is 0.873 bits per heavy atom. The Bertz CT molecular complexity index is 2650. The summed E-state index contributed by atoms with van der Waals surface area (Å²) in [6, 6.07) is 37.2. The molecule has 1 aliphatic heterocycles. The first-order valence-electron chi connectivity index (χ1n) is 24.9. The summed E-state index contributed by atoms with van der Waals surface area (Å²) in [5, 5.41) is 36.5. The van der Waals surface area contributed by atoms with Crippen LogP contribution in [0.15, 0.2) is 151 Å². The van der Waals surface area contributed by atoms with Crippen LogP contribution in [0, 0.1) is 27.9 Å². The molecule has 0 radical (unpaired) electrons. The van der Waals surface area contributed by atoms with E-state index >= 15 is 4.79 Å². The number of ether oxygens (including phenoxy) is 4. The monoisotopic (exact) mass is 963 g/mol. The van der Waals surface area contributed by atoms with E-state index in [0.29, 0.717) is 60.1 Å². The number of allylic oxidation sites excluding steroid dienone is 1. The number of hydrogen-bond donors (Lipinski definition) is 2. The molecule has 1 fully saturated rings. The van der Waals surface area contributed by atoms with Crippen molar-refractivity contribution in [2.24, 2.45) is 22.9 Å². The van der Waals surface area contributed by atoms with Gasteiger partial charge in [-0.05, 0) is 126 Å². The largest absolute Gasteiger partial charge is 0.497 e. The molecule has 6 unspecified atom stereocenters. The second kappa shape index (κ2) is 23.9. The Balaban J connectivity index is 1.28. The maximum Gasteiger partial charge on any atom is 0.269 e. The highest BCUT2D eigenvalue weighted by Gasteiger charge is 2.65. The summed E-state index contributed by atoms with van der Waals surface area (Å²) in [6.45, 7) is 6.84. The molecule has 0 bridgehead atoms. The minimum Gasteiger partial charge on any atom is -0.497 e. The number of carbonyl (C=O) groups excluding carboxylic acids is 1. The van der Waals surface area contributed by atoms with E-state index in [4.69, 9.17) is 28.9 Å². The number of oxime groups is 1. The molecule has 2 aliphatic carbocycles. The van der Waals surface area contributed by atoms with Crippen molar-refractivity contribution in [3.63, 3.8) is 0 Å². The highest BCUT2D eigenvalue weighted by molar-refractivity contribution is 6.03. The van der Waals surface area contributed by atoms with Crippen LogP contribution in [0.1, 0.15) is 80.9 Å². The first kappa shape index (κ1) is 50.6. The average Bonchev–Trinajstić information content (AvgIpc) is 3.39. The number of fused-ring (bicyclic) bond motifs is 2. The summed E-state index contributed by atoms with van der Waals surface area (Å²) >= 11 is 0. The zero-order chi connectivity index (χ0) is 49.7. The number of aliphatic hydroxyl groups excluding tert-OH is 2. The van der Waals surface area contributed by atoms with Gasteiger partial charge in [0.2, 0.25) is 11.7 Å². The van der Waals surface area contributed by atoms with Crippen molar-refractivity contribution in [3.05, 3.63) is 172 Å². The average molecular weight is 964 g/mol. The first-order chi connectivity index (χ1) is 34.7. The summed E-state index contributed by atoms with van der Waals surface area (Å²) in [5.41, 5.74) is 6.16. The minimum absolute atomic E-state index is 0.0110. The quantitative estimate of drug-likeness (QED) is 0.0263. The highest BCUT2D eigenvalue weighted by atomic mass is 16.7. The molecular formula is C58H65N3O10. The highest BCUT2D eigenvalue weighted by Crippen LogP contribution is 2.62. The minimum atomic E-state index is -1.44. The van der Waals surface area contributed by atoms with Gasteiger partial charge in [0.05, 0.1) is 36.7 Å². The smallest absolute Gasteiger partial charge is 0.269 e. The molecule has 5 aromatic carbocycles. The number of methoxy groups -OCH3 is 1. The number of aliphatic hydroxyl groups is 2. The Morgan fingerprint density at radius 3 is 2.31 bits per heavy atom. The second-order valence-corrected chi connectivity index (χ2v) is 18.6. The molecule has 8 rings (SSSR count). The van der Waals surface area contributed by atoms with Gasteiger partial charge >= 0.3 is 0 Å². The summed E-state index contributed by atoms with van der Waals surface area (Å²) in [6.07, 6.45) is 9.41. The van der Waals surface area contributed by atoms with Gasteiger partial charge in [-0.1, -0.05) is 91.7 Å². The van der Waals surface area contributed by atoms with E-state index in [9.17, 15) is 20.3 Å². The number of amides is 1. The molecule has 1 saturated carbocycles. The van der Waals surface area contributed by atoms with Crippen molar-refractivity contribution < 1.29 is 43.7 Å². The van der Waals surface area contributed by atoms with Crippen molar-refractivity contribution in [3.8, 4) is 34.1 Å². The number of non-ortho nitro benzene ring substituents is 1. The third-order valence-electron chi connectivity index (χ3n) is 14.0. The lowest BCUT2D eigenvalue weighted by Crippen LogP contribution is -2.70. The zero-order valence-corrected chi connectivity index (χ0v) is 40.7. The second-order valence-electron chi connectivity index (χ2n) is 18.6. The van der Waals surface area contributed by atoms with Crippen LogP contribution in [0.25, 0.3) is 11.1 Å². The summed E-state index contributed by atoms with van der Waals surface area (Å²) in [5.74, 6) is 0.294. The summed E-state index contributed by atoms with van der Waals surface area (Å²) in [7, 11) is 1.61. The number of nitrogens with zero attached hydrogens (tertiary/aromatic N) is 3. The lowest BCUT2D eigenvalue weighted by Gasteiger charge is -2.60. The van der Waals surface area contributed by atoms with Crippen LogP contribution < -0.4 is 14.2 Å². The fraction of sp³-hybridized carbons (Fsp3) is 0.379. The lowest BCUT2D eigenvalue weighted by atomic mass is 9.55. The molecule has 5 aromatic rings. The third kappa shape index (κ3) is 11.5. The summed E-state index contributed by atoms with van der Waals surface area (Å²) in [4.78, 5) is 34.2. The van der Waals surface area contributed by atoms with Crippen LogP contribution in [0.5, 0.6) is 23.0 Å². The number of benzene rings is 5. The number of carbonyl (C=O) groups is 1. The van der Waals surface area contributed by atoms with Gasteiger partial charge in [-0.15, -0.1) is 6.58 Å². The molecule has 372 valence electrons. The molecule has 1 amide bonds. The van der Waals surface area contributed by atoms with Crippen LogP contribution in [-0.4, -0.2) is 77.0 Å². The number of hydrogen-bond acceptors (Lipinski definition) is 11. The van der Waals surface area contributed by atoms with Crippen molar-refractivity contribution >= 4 is 17.3 Å². The molecule has 13 heteroatoms. The van der Waals surface area contributed by atoms with E-state index in [-0.39, 0.29) is 68.6 Å². The van der Waals surface area contributed by atoms with Crippen molar-refractivity contribution in [2.45, 2.75) is 89.1 Å². The third-order valence-corrected chi connectivity index (χ3v) is 14.0. The number of nitro benzene ring substituents is 1. The van der Waals surface area contributed by atoms with E-state index in [2.05, 4.69) is 30.9 Å². The molecule has 1 heterocycles. The van der Waals surface area contributed by atoms with Gasteiger partial charge in [0.25, 0.3) is 5.69 Å². The van der Waals surface area contributed by atoms with Crippen LogP contribution in [0.4, 0.5) is 5.69 Å². The molecule has 3 aliphatic rings. The van der Waals surface area contributed by atoms with Crippen molar-refractivity contribution in [1.82, 2.24) is 4.90 Å². The van der Waals surface area contributed by atoms with Crippen molar-refractivity contribution in [1.29, 1.82) is 0 Å². The molecule has 0 aromatic heterocycles. The van der Waals surface area contributed by atoms with Gasteiger partial charge in [-0.2, -0.15) is 0 Å². The van der Waals surface area contributed by atoms with Gasteiger partial charge in [-0.3, -0.25) is 14.9 Å². The molecular weight excluding hydrogens is 899 g/mol. The van der Waals surface area contributed by atoms with E-state index in [1.54, 1.807) is 25.3 Å². The Morgan fingerprint density at radius 2 is 1.61 bits per heavy atom. The number of nitro groups is 1. The van der Waals surface area contributed by atoms with E-state index in [1.165, 1.54) is 12.1 Å². The standard InChI is InChI=1S/C58H65N3O10/c1-4-30-60(55(64)35-41-14-13-18-47(34-41)67-3)54-38-52(59-69-39-40-20-24-45(25-21-40)61(65)66)50-36-44(17-9-11-31-62)49(19-10-12-32-63)56-51-37-48(28-29-53(51)71-58(54,57(50)56)68-33-5-2)70-46-26-22-43(23-27-46)42-15-7-6-8-16-42/h5-8,13-16,18,20-29,34,36-37,44,49,54,56-57,62-63H,2,4,9-12,17,19,30-33,35,38-39H2,1,3H3. The Kier molecular flexibility index (Phi) is 17.0. The van der Waals surface area contributed by atoms with Crippen LogP contribution >= 0.6 is 0 Å². The molecule has 0 spiro atoms. The number of unbranched alkanes of at least 4 members (excludes halogenated alkanes) is 2. The van der Waals surface area contributed by atoms with Crippen LogP contribution in [0.2, 0.25) is 0 Å². The maximum atomic E-state index is 15.1. The van der Waals surface area contributed by atoms with Crippen molar-refractivity contribution in [2.75, 3.05) is 33.5 Å². The molecule has 2 N–H and O–H groups in total. The molecule has 13 nitrogen and oxygen atoms in total. The normalized spacial score (nSPS) is 21.5. The maximum absolute atomic E-state index is 15.1. The fourth-order valence-electron chi connectivity index (χ4n) is 10.8. The summed E-state index contributed by atoms with van der Waals surface area (Å²) < 4.78 is 26.8. The predicted octanol–water partition coefficient (Wildman–Crippen LogP) is 11.4. The van der Waals surface area contributed by atoms with Crippen LogP contribution in [-0.2, 0) is 27.4 Å². The fourth-order valence-corrected chi connectivity index (χ4v) is 10.8. The zero-order valence-electron chi connectivity index (χ0n) is 40.7. The molecule has 6 atom stereocenters. The number of rotatable bonds is 24. The van der Waals surface area contributed by atoms with E-state index in [1.807, 2.05) is 90.7 Å². The van der Waals surface area contributed by atoms with Gasteiger partial charge in [-0.25, -0.2) is 0 Å². The van der Waals surface area contributed by atoms with Gasteiger partial charge < -0.3 is 38.9 Å².